The lowest BCUT2D eigenvalue weighted by Gasteiger charge is -1.63. The van der Waals surface area contributed by atoms with Gasteiger partial charge >= 0.3 is 0 Å². The van der Waals surface area contributed by atoms with Crippen LogP contribution in [-0.4, -0.2) is 4.37 Å². The highest BCUT2D eigenvalue weighted by atomic mass is 32.1. The molecule has 1 radical (unpaired) electrons. The Morgan fingerprint density at radius 3 is 3.00 bits per heavy atom. The molecule has 6 heavy (non-hydrogen) atoms. The second kappa shape index (κ2) is 1.39. The summed E-state index contributed by atoms with van der Waals surface area (Å²) in [6.45, 7) is 1.93. The number of hydrogen-bond donors (Lipinski definition) is 0. The Morgan fingerprint density at radius 2 is 2.83 bits per heavy atom. The minimum atomic E-state index is 0.986. The third-order valence-corrected chi connectivity index (χ3v) is 1.11. The van der Waals surface area contributed by atoms with Crippen molar-refractivity contribution >= 4 is 11.5 Å². The molecule has 0 bridgehead atoms. The van der Waals surface area contributed by atoms with E-state index in [1.54, 1.807) is 0 Å². The van der Waals surface area contributed by atoms with E-state index in [1.165, 1.54) is 11.5 Å². The van der Waals surface area contributed by atoms with Gasteiger partial charge in [-0.15, -0.1) is 0 Å². The van der Waals surface area contributed by atoms with Gasteiger partial charge in [-0.2, -0.15) is 4.37 Å². The first-order chi connectivity index (χ1) is 2.89. The molecule has 0 spiro atoms. The van der Waals surface area contributed by atoms with Crippen molar-refractivity contribution in [1.82, 2.24) is 4.37 Å². The van der Waals surface area contributed by atoms with E-state index in [0.29, 0.717) is 0 Å². The van der Waals surface area contributed by atoms with Gasteiger partial charge in [-0.3, -0.25) is 0 Å². The molecule has 0 fully saturated rings. The quantitative estimate of drug-likeness (QED) is 0.476. The van der Waals surface area contributed by atoms with Crippen LogP contribution in [0, 0.1) is 13.0 Å². The third kappa shape index (κ3) is 0.571. The predicted octanol–water partition coefficient (Wildman–Crippen LogP) is 1.25. The summed E-state index contributed by atoms with van der Waals surface area (Å²) in [6.07, 6.45) is 0. The minimum absolute atomic E-state index is 0.986. The van der Waals surface area contributed by atoms with Crippen LogP contribution >= 0.6 is 11.5 Å². The molecule has 0 atom stereocenters. The first-order valence-corrected chi connectivity index (χ1v) is 2.52. The first kappa shape index (κ1) is 3.81. The number of aromatic nitrogens is 1. The zero-order valence-electron chi connectivity index (χ0n) is 3.43. The van der Waals surface area contributed by atoms with Gasteiger partial charge in [0.1, 0.15) is 0 Å². The average Bonchev–Trinajstić information content (AvgIpc) is 1.86. The SMILES string of the molecule is Cc1[c]csn1. The molecule has 1 aromatic heterocycles. The Hall–Kier alpha value is -0.370. The minimum Gasteiger partial charge on any atom is -0.197 e. The highest BCUT2D eigenvalue weighted by Gasteiger charge is 1.77. The van der Waals surface area contributed by atoms with Crippen molar-refractivity contribution in [2.45, 2.75) is 6.92 Å². The van der Waals surface area contributed by atoms with Crippen molar-refractivity contribution in [1.29, 1.82) is 0 Å². The molecule has 0 aliphatic rings. The normalized spacial score (nSPS) is 8.83. The summed E-state index contributed by atoms with van der Waals surface area (Å²) in [5.41, 5.74) is 0.986. The highest BCUT2D eigenvalue weighted by Crippen LogP contribution is 1.93. The third-order valence-electron chi connectivity index (χ3n) is 0.510. The molecule has 2 heteroatoms. The fraction of sp³-hybridized carbons (Fsp3) is 0.250. The molecular formula is C4H4NS. The maximum Gasteiger partial charge on any atom is 0.0590 e. The van der Waals surface area contributed by atoms with Crippen LogP contribution in [0.1, 0.15) is 5.69 Å². The van der Waals surface area contributed by atoms with Crippen molar-refractivity contribution in [2.75, 3.05) is 0 Å². The molecule has 0 unspecified atom stereocenters. The van der Waals surface area contributed by atoms with Crippen LogP contribution in [0.15, 0.2) is 5.38 Å². The Labute approximate surface area is 40.8 Å². The zero-order chi connectivity index (χ0) is 4.41. The standard InChI is InChI=1S/C4H4NS/c1-4-2-3-6-5-4/h3H,1H3. The zero-order valence-corrected chi connectivity index (χ0v) is 4.25. The van der Waals surface area contributed by atoms with Gasteiger partial charge in [0, 0.05) is 11.4 Å². The van der Waals surface area contributed by atoms with Crippen LogP contribution in [0.5, 0.6) is 0 Å². The van der Waals surface area contributed by atoms with Crippen LogP contribution in [0.3, 0.4) is 0 Å². The van der Waals surface area contributed by atoms with Crippen molar-refractivity contribution in [3.8, 4) is 0 Å². The Kier molecular flexibility index (Phi) is 0.881. The van der Waals surface area contributed by atoms with E-state index in [2.05, 4.69) is 10.4 Å². The van der Waals surface area contributed by atoms with Crippen LogP contribution in [-0.2, 0) is 0 Å². The summed E-state index contributed by atoms with van der Waals surface area (Å²) < 4.78 is 3.90. The maximum absolute atomic E-state index is 3.90. The summed E-state index contributed by atoms with van der Waals surface area (Å²) in [7, 11) is 0. The van der Waals surface area contributed by atoms with E-state index in [-0.39, 0.29) is 0 Å². The molecule has 1 heterocycles. The molecule has 0 aromatic carbocycles. The molecule has 0 N–H and O–H groups in total. The second-order valence-corrected chi connectivity index (χ2v) is 1.67. The van der Waals surface area contributed by atoms with E-state index < -0.39 is 0 Å². The number of rotatable bonds is 0. The van der Waals surface area contributed by atoms with Crippen molar-refractivity contribution in [2.24, 2.45) is 0 Å². The van der Waals surface area contributed by atoms with Gasteiger partial charge in [-0.1, -0.05) is 0 Å². The summed E-state index contributed by atoms with van der Waals surface area (Å²) in [5, 5.41) is 1.84. The monoisotopic (exact) mass is 98.0 g/mol. The lowest BCUT2D eigenvalue weighted by molar-refractivity contribution is 1.34. The van der Waals surface area contributed by atoms with E-state index in [9.17, 15) is 0 Å². The summed E-state index contributed by atoms with van der Waals surface area (Å²) in [5.74, 6) is 0. The molecule has 1 aromatic rings. The molecule has 0 aliphatic heterocycles. The number of aryl methyl sites for hydroxylation is 1. The van der Waals surface area contributed by atoms with Crippen molar-refractivity contribution < 1.29 is 0 Å². The van der Waals surface area contributed by atoms with E-state index >= 15 is 0 Å². The summed E-state index contributed by atoms with van der Waals surface area (Å²) >= 11 is 1.43. The Morgan fingerprint density at radius 1 is 2.00 bits per heavy atom. The second-order valence-electron chi connectivity index (χ2n) is 1.04. The Bertz CT molecular complexity index is 111. The molecule has 0 aliphatic carbocycles. The molecule has 31 valence electrons. The van der Waals surface area contributed by atoms with E-state index in [0.717, 1.165) is 5.69 Å². The first-order valence-electron chi connectivity index (χ1n) is 1.68. The van der Waals surface area contributed by atoms with Crippen LogP contribution in [0.25, 0.3) is 0 Å². The summed E-state index contributed by atoms with van der Waals surface area (Å²) in [6, 6.07) is 2.91. The van der Waals surface area contributed by atoms with E-state index in [1.807, 2.05) is 12.3 Å². The topological polar surface area (TPSA) is 12.9 Å². The average molecular weight is 98.2 g/mol. The lowest BCUT2D eigenvalue weighted by atomic mass is 10.5. The van der Waals surface area contributed by atoms with Gasteiger partial charge in [0.05, 0.1) is 5.69 Å². The molecule has 0 amide bonds. The fourth-order valence-electron chi connectivity index (χ4n) is 0.243. The predicted molar refractivity (Wildman–Crippen MR) is 25.7 cm³/mol. The smallest absolute Gasteiger partial charge is 0.0590 e. The van der Waals surface area contributed by atoms with Crippen molar-refractivity contribution in [3.63, 3.8) is 0 Å². The van der Waals surface area contributed by atoms with Gasteiger partial charge in [0.25, 0.3) is 0 Å². The number of nitrogens with zero attached hydrogens (tertiary/aromatic N) is 1. The van der Waals surface area contributed by atoms with Crippen LogP contribution < -0.4 is 0 Å². The number of hydrogen-bond acceptors (Lipinski definition) is 2. The van der Waals surface area contributed by atoms with Gasteiger partial charge in [0.2, 0.25) is 0 Å². The largest absolute Gasteiger partial charge is 0.197 e. The van der Waals surface area contributed by atoms with Crippen LogP contribution in [0.2, 0.25) is 0 Å². The molecular weight excluding hydrogens is 94.1 g/mol. The maximum atomic E-state index is 3.90. The highest BCUT2D eigenvalue weighted by molar-refractivity contribution is 7.03. The molecule has 1 rings (SSSR count). The van der Waals surface area contributed by atoms with Gasteiger partial charge in [-0.05, 0) is 18.5 Å². The fourth-order valence-corrected chi connectivity index (χ4v) is 0.730. The lowest BCUT2D eigenvalue weighted by Crippen LogP contribution is -1.58. The van der Waals surface area contributed by atoms with Gasteiger partial charge in [-0.25, -0.2) is 0 Å². The molecule has 0 saturated carbocycles. The van der Waals surface area contributed by atoms with Crippen molar-refractivity contribution in [3.05, 3.63) is 17.1 Å². The molecule has 0 saturated heterocycles. The summed E-state index contributed by atoms with van der Waals surface area (Å²) in [4.78, 5) is 0. The Balaban J connectivity index is 3.05. The van der Waals surface area contributed by atoms with Gasteiger partial charge < -0.3 is 0 Å². The van der Waals surface area contributed by atoms with Crippen LogP contribution in [0.4, 0.5) is 0 Å². The molecule has 1 nitrogen and oxygen atoms in total. The van der Waals surface area contributed by atoms with E-state index in [4.69, 9.17) is 0 Å². The van der Waals surface area contributed by atoms with Gasteiger partial charge in [0.15, 0.2) is 0 Å².